The Bertz CT molecular complexity index is 636. The highest BCUT2D eigenvalue weighted by Gasteiger charge is 2.13. The van der Waals surface area contributed by atoms with Gasteiger partial charge in [0.2, 0.25) is 5.78 Å². The van der Waals surface area contributed by atoms with Gasteiger partial charge in [-0.25, -0.2) is 8.78 Å². The first-order chi connectivity index (χ1) is 9.60. The average Bonchev–Trinajstić information content (AvgIpc) is 2.47. The van der Waals surface area contributed by atoms with Crippen LogP contribution in [0.15, 0.2) is 42.5 Å². The van der Waals surface area contributed by atoms with E-state index < -0.39 is 24.0 Å². The molecule has 0 N–H and O–H groups in total. The number of carbonyl (C=O) groups is 2. The zero-order chi connectivity index (χ0) is 14.5. The van der Waals surface area contributed by atoms with Crippen molar-refractivity contribution >= 4 is 12.1 Å². The summed E-state index contributed by atoms with van der Waals surface area (Å²) in [4.78, 5) is 22.2. The summed E-state index contributed by atoms with van der Waals surface area (Å²) in [5.74, 6) is -1.79. The third kappa shape index (κ3) is 3.26. The van der Waals surface area contributed by atoms with Gasteiger partial charge in [0.25, 0.3) is 0 Å². The number of Topliss-reactive ketones (excluding diaryl/α,β-unsaturated/α-hetero) is 1. The van der Waals surface area contributed by atoms with Crippen molar-refractivity contribution in [2.24, 2.45) is 0 Å². The number of ether oxygens (including phenoxy) is 1. The van der Waals surface area contributed by atoms with Crippen LogP contribution in [0.2, 0.25) is 0 Å². The van der Waals surface area contributed by atoms with Gasteiger partial charge in [-0.05, 0) is 42.5 Å². The second-order valence-corrected chi connectivity index (χ2v) is 4.02. The summed E-state index contributed by atoms with van der Waals surface area (Å²) in [6, 6.07) is 8.73. The van der Waals surface area contributed by atoms with E-state index >= 15 is 0 Å². The summed E-state index contributed by atoms with van der Waals surface area (Å²) in [7, 11) is 0. The van der Waals surface area contributed by atoms with Crippen molar-refractivity contribution in [3.63, 3.8) is 0 Å². The Morgan fingerprint density at radius 2 is 1.80 bits per heavy atom. The van der Waals surface area contributed by atoms with E-state index in [4.69, 9.17) is 4.74 Å². The number of halogens is 2. The van der Waals surface area contributed by atoms with Crippen LogP contribution in [0.4, 0.5) is 8.78 Å². The first-order valence-corrected chi connectivity index (χ1v) is 5.76. The first kappa shape index (κ1) is 13.9. The summed E-state index contributed by atoms with van der Waals surface area (Å²) in [5.41, 5.74) is 0.120. The maximum absolute atomic E-state index is 13.4. The fourth-order valence-corrected chi connectivity index (χ4v) is 1.58. The molecule has 0 aliphatic heterocycles. The Kier molecular flexibility index (Phi) is 4.20. The molecule has 2 aromatic carbocycles. The Morgan fingerprint density at radius 3 is 2.45 bits per heavy atom. The van der Waals surface area contributed by atoms with Crippen molar-refractivity contribution in [1.29, 1.82) is 0 Å². The lowest BCUT2D eigenvalue weighted by Gasteiger charge is -2.06. The largest absolute Gasteiger partial charge is 0.485 e. The minimum atomic E-state index is -0.795. The Morgan fingerprint density at radius 1 is 1.10 bits per heavy atom. The van der Waals surface area contributed by atoms with Gasteiger partial charge < -0.3 is 4.74 Å². The smallest absolute Gasteiger partial charge is 0.203 e. The highest BCUT2D eigenvalue weighted by Crippen LogP contribution is 2.14. The number of benzene rings is 2. The normalized spacial score (nSPS) is 10.1. The van der Waals surface area contributed by atoms with Gasteiger partial charge in [-0.15, -0.1) is 0 Å². The van der Waals surface area contributed by atoms with E-state index in [1.54, 1.807) is 0 Å². The van der Waals surface area contributed by atoms with Gasteiger partial charge >= 0.3 is 0 Å². The molecule has 0 atom stereocenters. The molecular weight excluding hydrogens is 266 g/mol. The predicted molar refractivity (Wildman–Crippen MR) is 68.0 cm³/mol. The highest BCUT2D eigenvalue weighted by molar-refractivity contribution is 5.97. The molecule has 0 saturated carbocycles. The van der Waals surface area contributed by atoms with Crippen molar-refractivity contribution in [2.75, 3.05) is 6.61 Å². The third-order valence-corrected chi connectivity index (χ3v) is 2.61. The number of rotatable bonds is 5. The van der Waals surface area contributed by atoms with Gasteiger partial charge in [-0.2, -0.15) is 0 Å². The molecule has 3 nitrogen and oxygen atoms in total. The topological polar surface area (TPSA) is 43.4 Å². The van der Waals surface area contributed by atoms with Crippen LogP contribution in [-0.4, -0.2) is 18.7 Å². The molecule has 0 unspecified atom stereocenters. The maximum atomic E-state index is 13.4. The average molecular weight is 276 g/mol. The van der Waals surface area contributed by atoms with E-state index in [1.807, 2.05) is 0 Å². The van der Waals surface area contributed by atoms with Gasteiger partial charge in [-0.3, -0.25) is 9.59 Å². The van der Waals surface area contributed by atoms with Gasteiger partial charge in [0.15, 0.2) is 6.61 Å². The van der Waals surface area contributed by atoms with Crippen molar-refractivity contribution < 1.29 is 23.1 Å². The summed E-state index contributed by atoms with van der Waals surface area (Å²) >= 11 is 0. The second-order valence-electron chi connectivity index (χ2n) is 4.02. The molecule has 0 fully saturated rings. The van der Waals surface area contributed by atoms with Gasteiger partial charge in [0.1, 0.15) is 23.7 Å². The van der Waals surface area contributed by atoms with E-state index in [-0.39, 0.29) is 5.56 Å². The molecule has 0 aliphatic carbocycles. The number of carbonyl (C=O) groups excluding carboxylic acids is 2. The van der Waals surface area contributed by atoms with Crippen LogP contribution in [0.1, 0.15) is 20.7 Å². The molecule has 102 valence electrons. The molecule has 0 bridgehead atoms. The Balaban J connectivity index is 2.04. The van der Waals surface area contributed by atoms with Crippen LogP contribution in [0.25, 0.3) is 0 Å². The minimum absolute atomic E-state index is 0.352. The van der Waals surface area contributed by atoms with E-state index in [0.717, 1.165) is 18.2 Å². The van der Waals surface area contributed by atoms with Crippen LogP contribution in [0.5, 0.6) is 5.75 Å². The van der Waals surface area contributed by atoms with Gasteiger partial charge in [0.05, 0.1) is 5.56 Å². The molecule has 0 aromatic heterocycles. The molecule has 0 radical (unpaired) electrons. The van der Waals surface area contributed by atoms with E-state index in [2.05, 4.69) is 0 Å². The summed E-state index contributed by atoms with van der Waals surface area (Å²) < 4.78 is 31.5. The molecule has 20 heavy (non-hydrogen) atoms. The molecule has 5 heteroatoms. The maximum Gasteiger partial charge on any atom is 0.203 e. The highest BCUT2D eigenvalue weighted by atomic mass is 19.1. The molecule has 0 spiro atoms. The molecule has 0 amide bonds. The number of hydrogen-bond acceptors (Lipinski definition) is 3. The number of aldehydes is 1. The Labute approximate surface area is 113 Å². The SMILES string of the molecule is O=Cc1ccc(OCC(=O)c2cc(F)ccc2F)cc1. The molecule has 2 rings (SSSR count). The standard InChI is InChI=1S/C15H10F2O3/c16-11-3-6-14(17)13(7-11)15(19)9-20-12-4-1-10(8-18)2-5-12/h1-8H,9H2. The molecular formula is C15H10F2O3. The summed E-state index contributed by atoms with van der Waals surface area (Å²) in [5, 5.41) is 0. The van der Waals surface area contributed by atoms with Crippen molar-refractivity contribution in [1.82, 2.24) is 0 Å². The number of ketones is 1. The van der Waals surface area contributed by atoms with Gasteiger partial charge in [0, 0.05) is 5.56 Å². The zero-order valence-electron chi connectivity index (χ0n) is 10.3. The van der Waals surface area contributed by atoms with E-state index in [9.17, 15) is 18.4 Å². The fraction of sp³-hybridized carbons (Fsp3) is 0.0667. The molecule has 0 heterocycles. The number of hydrogen-bond donors (Lipinski definition) is 0. The van der Waals surface area contributed by atoms with Crippen molar-refractivity contribution in [2.45, 2.75) is 0 Å². The second kappa shape index (κ2) is 6.06. The van der Waals surface area contributed by atoms with Crippen LogP contribution in [0.3, 0.4) is 0 Å². The Hall–Kier alpha value is -2.56. The van der Waals surface area contributed by atoms with Gasteiger partial charge in [-0.1, -0.05) is 0 Å². The van der Waals surface area contributed by atoms with E-state index in [0.29, 0.717) is 17.6 Å². The lowest BCUT2D eigenvalue weighted by Crippen LogP contribution is -2.13. The van der Waals surface area contributed by atoms with Crippen molar-refractivity contribution in [3.8, 4) is 5.75 Å². The van der Waals surface area contributed by atoms with Crippen LogP contribution in [-0.2, 0) is 0 Å². The monoisotopic (exact) mass is 276 g/mol. The minimum Gasteiger partial charge on any atom is -0.485 e. The lowest BCUT2D eigenvalue weighted by atomic mass is 10.1. The zero-order valence-corrected chi connectivity index (χ0v) is 10.3. The quantitative estimate of drug-likeness (QED) is 0.622. The summed E-state index contributed by atoms with van der Waals surface area (Å²) in [6.07, 6.45) is 0.678. The molecule has 0 saturated heterocycles. The molecule has 2 aromatic rings. The van der Waals surface area contributed by atoms with Crippen LogP contribution < -0.4 is 4.74 Å². The van der Waals surface area contributed by atoms with E-state index in [1.165, 1.54) is 24.3 Å². The first-order valence-electron chi connectivity index (χ1n) is 5.76. The summed E-state index contributed by atoms with van der Waals surface area (Å²) in [6.45, 7) is -0.416. The molecule has 0 aliphatic rings. The fourth-order valence-electron chi connectivity index (χ4n) is 1.58. The lowest BCUT2D eigenvalue weighted by molar-refractivity contribution is 0.0916. The van der Waals surface area contributed by atoms with Crippen molar-refractivity contribution in [3.05, 3.63) is 65.2 Å². The third-order valence-electron chi connectivity index (χ3n) is 2.61. The predicted octanol–water partition coefficient (Wildman–Crippen LogP) is 3.04. The van der Waals surface area contributed by atoms with Crippen LogP contribution >= 0.6 is 0 Å². The van der Waals surface area contributed by atoms with Crippen LogP contribution in [0, 0.1) is 11.6 Å².